The van der Waals surface area contributed by atoms with Gasteiger partial charge in [-0.05, 0) is 47.9 Å². The molecule has 0 atom stereocenters. The van der Waals surface area contributed by atoms with Gasteiger partial charge in [0.25, 0.3) is 0 Å². The summed E-state index contributed by atoms with van der Waals surface area (Å²) >= 11 is 7.65. The second-order valence-corrected chi connectivity index (χ2v) is 8.29. The average molecular weight is 429 g/mol. The van der Waals surface area contributed by atoms with Gasteiger partial charge in [-0.2, -0.15) is 13.2 Å². The summed E-state index contributed by atoms with van der Waals surface area (Å²) in [6.07, 6.45) is -3.02. The number of alkyl halides is 3. The second-order valence-electron chi connectivity index (χ2n) is 6.57. The Morgan fingerprint density at radius 2 is 1.68 bits per heavy atom. The Labute approximate surface area is 171 Å². The normalized spacial score (nSPS) is 21.0. The van der Waals surface area contributed by atoms with Gasteiger partial charge >= 0.3 is 6.18 Å². The molecule has 0 aromatic heterocycles. The Morgan fingerprint density at radius 1 is 1.07 bits per heavy atom. The summed E-state index contributed by atoms with van der Waals surface area (Å²) in [5.41, 5.74) is 2.03. The predicted molar refractivity (Wildman–Crippen MR) is 107 cm³/mol. The van der Waals surface area contributed by atoms with Crippen molar-refractivity contribution in [2.75, 3.05) is 13.2 Å². The Balaban J connectivity index is 1.49. The Morgan fingerprint density at radius 3 is 2.25 bits per heavy atom. The fourth-order valence-electron chi connectivity index (χ4n) is 2.74. The van der Waals surface area contributed by atoms with Gasteiger partial charge in [-0.1, -0.05) is 41.9 Å². The third-order valence-electron chi connectivity index (χ3n) is 4.27. The zero-order chi connectivity index (χ0) is 20.1. The Hall–Kier alpha value is -1.47. The molecule has 2 nitrogen and oxygen atoms in total. The van der Waals surface area contributed by atoms with Crippen LogP contribution in [-0.2, 0) is 21.4 Å². The van der Waals surface area contributed by atoms with Crippen molar-refractivity contribution >= 4 is 29.4 Å². The first-order valence-electron chi connectivity index (χ1n) is 8.76. The maximum atomic E-state index is 12.6. The molecule has 1 saturated heterocycles. The van der Waals surface area contributed by atoms with Crippen molar-refractivity contribution in [3.05, 3.63) is 75.8 Å². The van der Waals surface area contributed by atoms with E-state index in [4.69, 9.17) is 21.1 Å². The number of thioether (sulfide) groups is 1. The summed E-state index contributed by atoms with van der Waals surface area (Å²) < 4.78 is 49.5. The second kappa shape index (κ2) is 9.35. The van der Waals surface area contributed by atoms with E-state index in [9.17, 15) is 13.2 Å². The third kappa shape index (κ3) is 6.01. The summed E-state index contributed by atoms with van der Waals surface area (Å²) in [4.78, 5) is 0. The summed E-state index contributed by atoms with van der Waals surface area (Å²) in [6.45, 7) is 2.96. The molecule has 150 valence electrons. The van der Waals surface area contributed by atoms with Crippen LogP contribution in [0.5, 0.6) is 0 Å². The number of halogens is 4. The number of rotatable bonds is 5. The van der Waals surface area contributed by atoms with E-state index >= 15 is 0 Å². The summed E-state index contributed by atoms with van der Waals surface area (Å²) in [5, 5.41) is 0.946. The summed E-state index contributed by atoms with van der Waals surface area (Å²) in [6, 6.07) is 12.8. The van der Waals surface area contributed by atoms with Crippen LogP contribution in [0.15, 0.2) is 54.1 Å². The van der Waals surface area contributed by atoms with Gasteiger partial charge in [-0.25, -0.2) is 0 Å². The first-order valence-corrected chi connectivity index (χ1v) is 10.2. The van der Waals surface area contributed by atoms with Crippen LogP contribution in [0.2, 0.25) is 5.02 Å². The number of hydrogen-bond donors (Lipinski definition) is 0. The monoisotopic (exact) mass is 428 g/mol. The smallest absolute Gasteiger partial charge is 0.347 e. The van der Waals surface area contributed by atoms with Crippen molar-refractivity contribution < 1.29 is 22.6 Å². The largest absolute Gasteiger partial charge is 0.416 e. The Bertz CT molecular complexity index is 796. The molecule has 1 fully saturated rings. The highest BCUT2D eigenvalue weighted by atomic mass is 35.5. The number of ether oxygens (including phenoxy) is 2. The topological polar surface area (TPSA) is 18.5 Å². The van der Waals surface area contributed by atoms with Gasteiger partial charge in [0.1, 0.15) is 0 Å². The molecule has 1 heterocycles. The fourth-order valence-corrected chi connectivity index (χ4v) is 3.83. The molecule has 1 aliphatic rings. The molecule has 2 aromatic rings. The first-order chi connectivity index (χ1) is 13.3. The van der Waals surface area contributed by atoms with Crippen LogP contribution < -0.4 is 0 Å². The molecule has 3 rings (SSSR count). The lowest BCUT2D eigenvalue weighted by molar-refractivity contribution is -0.152. The van der Waals surface area contributed by atoms with E-state index in [0.29, 0.717) is 18.8 Å². The molecule has 7 heteroatoms. The van der Waals surface area contributed by atoms with Gasteiger partial charge in [0.05, 0.1) is 24.0 Å². The van der Waals surface area contributed by atoms with E-state index in [1.54, 1.807) is 17.8 Å². The third-order valence-corrected chi connectivity index (χ3v) is 5.77. The molecule has 2 aromatic carbocycles. The standard InChI is InChI=1S/C21H20ClF3O2S/c1-14(10-15-2-6-17(7-3-15)21(23,24)25)20-26-11-19(12-27-20)28-13-16-4-8-18(22)9-5-16/h2-10,19-20H,11-13H2,1H3/b14-10+/t19-,20-. The molecular formula is C21H20ClF3O2S. The van der Waals surface area contributed by atoms with Gasteiger partial charge in [0, 0.05) is 10.8 Å². The maximum absolute atomic E-state index is 12.6. The van der Waals surface area contributed by atoms with Crippen LogP contribution in [0.3, 0.4) is 0 Å². The molecule has 0 N–H and O–H groups in total. The number of benzene rings is 2. The predicted octanol–water partition coefficient (Wildman–Crippen LogP) is 6.44. The van der Waals surface area contributed by atoms with E-state index in [0.717, 1.165) is 28.5 Å². The fraction of sp³-hybridized carbons (Fsp3) is 0.333. The van der Waals surface area contributed by atoms with Gasteiger partial charge in [-0.15, -0.1) is 11.8 Å². The van der Waals surface area contributed by atoms with E-state index in [1.165, 1.54) is 17.7 Å². The lowest BCUT2D eigenvalue weighted by Gasteiger charge is -2.29. The van der Waals surface area contributed by atoms with Crippen LogP contribution in [0.4, 0.5) is 13.2 Å². The highest BCUT2D eigenvalue weighted by molar-refractivity contribution is 7.99. The van der Waals surface area contributed by atoms with Gasteiger partial charge < -0.3 is 9.47 Å². The summed E-state index contributed by atoms with van der Waals surface area (Å²) in [7, 11) is 0. The lowest BCUT2D eigenvalue weighted by Crippen LogP contribution is -2.34. The average Bonchev–Trinajstić information content (AvgIpc) is 2.67. The molecule has 0 bridgehead atoms. The maximum Gasteiger partial charge on any atom is 0.416 e. The van der Waals surface area contributed by atoms with Crippen molar-refractivity contribution in [2.24, 2.45) is 0 Å². The Kier molecular flexibility index (Phi) is 7.10. The minimum Gasteiger partial charge on any atom is -0.347 e. The van der Waals surface area contributed by atoms with Crippen LogP contribution in [0.1, 0.15) is 23.6 Å². The molecule has 0 aliphatic carbocycles. The molecule has 0 radical (unpaired) electrons. The van der Waals surface area contributed by atoms with Crippen molar-refractivity contribution in [3.8, 4) is 0 Å². The van der Waals surface area contributed by atoms with Crippen molar-refractivity contribution in [2.45, 2.75) is 30.4 Å². The highest BCUT2D eigenvalue weighted by Crippen LogP contribution is 2.30. The van der Waals surface area contributed by atoms with Crippen LogP contribution in [-0.4, -0.2) is 24.8 Å². The van der Waals surface area contributed by atoms with Crippen molar-refractivity contribution in [1.82, 2.24) is 0 Å². The zero-order valence-electron chi connectivity index (χ0n) is 15.2. The van der Waals surface area contributed by atoms with E-state index in [-0.39, 0.29) is 5.25 Å². The molecule has 0 amide bonds. The lowest BCUT2D eigenvalue weighted by atomic mass is 10.1. The van der Waals surface area contributed by atoms with Crippen molar-refractivity contribution in [1.29, 1.82) is 0 Å². The minimum absolute atomic E-state index is 0.228. The molecule has 1 aliphatic heterocycles. The molecular weight excluding hydrogens is 409 g/mol. The molecule has 0 unspecified atom stereocenters. The number of hydrogen-bond acceptors (Lipinski definition) is 3. The van der Waals surface area contributed by atoms with Crippen molar-refractivity contribution in [3.63, 3.8) is 0 Å². The van der Waals surface area contributed by atoms with E-state index in [2.05, 4.69) is 0 Å². The molecule has 28 heavy (non-hydrogen) atoms. The highest BCUT2D eigenvalue weighted by Gasteiger charge is 2.30. The minimum atomic E-state index is -4.33. The van der Waals surface area contributed by atoms with Gasteiger partial charge in [0.15, 0.2) is 6.29 Å². The SMILES string of the molecule is C/C(=C\c1ccc(C(F)(F)F)cc1)[C@H]1OC[C@H](SCc2ccc(Cl)cc2)CO1. The molecule has 0 saturated carbocycles. The van der Waals surface area contributed by atoms with E-state index < -0.39 is 18.0 Å². The summed E-state index contributed by atoms with van der Waals surface area (Å²) in [5.74, 6) is 0.847. The van der Waals surface area contributed by atoms with Gasteiger partial charge in [-0.3, -0.25) is 0 Å². The van der Waals surface area contributed by atoms with E-state index in [1.807, 2.05) is 31.2 Å². The first kappa shape index (κ1) is 21.2. The van der Waals surface area contributed by atoms with Crippen LogP contribution in [0, 0.1) is 0 Å². The molecule has 0 spiro atoms. The zero-order valence-corrected chi connectivity index (χ0v) is 16.8. The van der Waals surface area contributed by atoms with Crippen LogP contribution in [0.25, 0.3) is 6.08 Å². The van der Waals surface area contributed by atoms with Gasteiger partial charge in [0.2, 0.25) is 0 Å². The van der Waals surface area contributed by atoms with Crippen LogP contribution >= 0.6 is 23.4 Å². The quantitative estimate of drug-likeness (QED) is 0.546.